The van der Waals surface area contributed by atoms with Crippen molar-refractivity contribution in [1.82, 2.24) is 14.8 Å². The highest BCUT2D eigenvalue weighted by Crippen LogP contribution is 2.28. The number of halogens is 1. The van der Waals surface area contributed by atoms with Crippen LogP contribution in [0.2, 0.25) is 5.02 Å². The summed E-state index contributed by atoms with van der Waals surface area (Å²) in [7, 11) is 0. The Labute approximate surface area is 206 Å². The first-order valence-electron chi connectivity index (χ1n) is 11.6. The van der Waals surface area contributed by atoms with E-state index < -0.39 is 0 Å². The van der Waals surface area contributed by atoms with Crippen LogP contribution in [-0.4, -0.2) is 27.5 Å². The van der Waals surface area contributed by atoms with Crippen LogP contribution in [0.4, 0.5) is 0 Å². The number of hydrogen-bond donors (Lipinski definition) is 1. The Morgan fingerprint density at radius 3 is 2.42 bits per heavy atom. The molecule has 5 nitrogen and oxygen atoms in total. The molecule has 0 spiro atoms. The van der Waals surface area contributed by atoms with E-state index in [1.54, 1.807) is 11.8 Å². The summed E-state index contributed by atoms with van der Waals surface area (Å²) in [6.07, 6.45) is 3.02. The molecule has 2 atom stereocenters. The minimum atomic E-state index is -0.250. The normalized spacial score (nSPS) is 17.4. The van der Waals surface area contributed by atoms with Crippen LogP contribution in [0, 0.1) is 0 Å². The molecular formula is C26H33ClN4OS. The second-order valence-corrected chi connectivity index (χ2v) is 11.1. The van der Waals surface area contributed by atoms with Crippen molar-refractivity contribution in [3.63, 3.8) is 0 Å². The Morgan fingerprint density at radius 1 is 1.09 bits per heavy atom. The van der Waals surface area contributed by atoms with E-state index in [0.717, 1.165) is 53.3 Å². The van der Waals surface area contributed by atoms with Crippen LogP contribution in [0.15, 0.2) is 53.7 Å². The van der Waals surface area contributed by atoms with E-state index in [4.69, 9.17) is 22.1 Å². The van der Waals surface area contributed by atoms with E-state index in [1.807, 2.05) is 24.3 Å². The maximum atomic E-state index is 6.61. The molecule has 33 heavy (non-hydrogen) atoms. The van der Waals surface area contributed by atoms with Crippen LogP contribution in [0.1, 0.15) is 62.2 Å². The van der Waals surface area contributed by atoms with Gasteiger partial charge in [-0.2, -0.15) is 0 Å². The highest BCUT2D eigenvalue weighted by Gasteiger charge is 2.24. The van der Waals surface area contributed by atoms with E-state index in [1.165, 1.54) is 11.1 Å². The van der Waals surface area contributed by atoms with Gasteiger partial charge >= 0.3 is 0 Å². The number of aromatic nitrogens is 3. The number of nitrogens with zero attached hydrogens (tertiary/aromatic N) is 3. The average molecular weight is 485 g/mol. The van der Waals surface area contributed by atoms with Crippen molar-refractivity contribution < 1.29 is 4.74 Å². The van der Waals surface area contributed by atoms with Gasteiger partial charge in [0.25, 0.3) is 0 Å². The Kier molecular flexibility index (Phi) is 7.80. The number of thioether (sulfide) groups is 1. The molecule has 0 aliphatic carbocycles. The van der Waals surface area contributed by atoms with Crippen molar-refractivity contribution in [1.29, 1.82) is 0 Å². The van der Waals surface area contributed by atoms with Crippen LogP contribution in [0.5, 0.6) is 0 Å². The Balaban J connectivity index is 1.50. The SMILES string of the molecule is CC(C)(C)c1ccc(CSc2nnc(C(N)Cc3ccc(Cl)cc3)n2CC2CCCO2)cc1. The third kappa shape index (κ3) is 6.38. The lowest BCUT2D eigenvalue weighted by Crippen LogP contribution is -2.23. The molecular weight excluding hydrogens is 452 g/mol. The average Bonchev–Trinajstić information content (AvgIpc) is 3.44. The standard InChI is InChI=1S/C26H33ClN4OS/c1-26(2,3)20-10-6-19(7-11-20)17-33-25-30-29-24(31(25)16-22-5-4-14-32-22)23(28)15-18-8-12-21(27)13-9-18/h6-13,22-23H,4-5,14-17,28H2,1-3H3. The Morgan fingerprint density at radius 2 is 1.79 bits per heavy atom. The van der Waals surface area contributed by atoms with Gasteiger partial charge in [-0.1, -0.05) is 80.5 Å². The monoisotopic (exact) mass is 484 g/mol. The van der Waals surface area contributed by atoms with E-state index in [9.17, 15) is 0 Å². The van der Waals surface area contributed by atoms with Crippen LogP contribution in [0.25, 0.3) is 0 Å². The lowest BCUT2D eigenvalue weighted by atomic mass is 9.87. The maximum absolute atomic E-state index is 6.61. The summed E-state index contributed by atoms with van der Waals surface area (Å²) >= 11 is 7.73. The zero-order valence-corrected chi connectivity index (χ0v) is 21.2. The van der Waals surface area contributed by atoms with Gasteiger partial charge < -0.3 is 15.0 Å². The highest BCUT2D eigenvalue weighted by atomic mass is 35.5. The minimum Gasteiger partial charge on any atom is -0.376 e. The summed E-state index contributed by atoms with van der Waals surface area (Å²) in [6.45, 7) is 8.26. The summed E-state index contributed by atoms with van der Waals surface area (Å²) in [5, 5.41) is 10.7. The molecule has 1 aliphatic rings. The largest absolute Gasteiger partial charge is 0.376 e. The molecule has 1 saturated heterocycles. The number of hydrogen-bond acceptors (Lipinski definition) is 5. The molecule has 0 saturated carbocycles. The molecule has 0 radical (unpaired) electrons. The van der Waals surface area contributed by atoms with Crippen LogP contribution in [0.3, 0.4) is 0 Å². The topological polar surface area (TPSA) is 66.0 Å². The molecule has 1 aliphatic heterocycles. The summed E-state index contributed by atoms with van der Waals surface area (Å²) in [5.74, 6) is 1.64. The van der Waals surface area contributed by atoms with Gasteiger partial charge in [0.2, 0.25) is 0 Å². The van der Waals surface area contributed by atoms with Crippen LogP contribution in [-0.2, 0) is 28.9 Å². The molecule has 3 aromatic rings. The van der Waals surface area contributed by atoms with Gasteiger partial charge in [-0.15, -0.1) is 10.2 Å². The van der Waals surface area contributed by atoms with Crippen molar-refractivity contribution in [2.45, 2.75) is 75.0 Å². The van der Waals surface area contributed by atoms with Gasteiger partial charge in [-0.3, -0.25) is 0 Å². The van der Waals surface area contributed by atoms with Crippen molar-refractivity contribution in [3.8, 4) is 0 Å². The van der Waals surface area contributed by atoms with E-state index in [2.05, 4.69) is 59.8 Å². The first-order chi connectivity index (χ1) is 15.8. The molecule has 2 heterocycles. The van der Waals surface area contributed by atoms with E-state index in [0.29, 0.717) is 6.42 Å². The van der Waals surface area contributed by atoms with Gasteiger partial charge in [0.15, 0.2) is 11.0 Å². The van der Waals surface area contributed by atoms with Gasteiger partial charge in [-0.05, 0) is 53.5 Å². The number of rotatable bonds is 8. The molecule has 1 aromatic heterocycles. The van der Waals surface area contributed by atoms with Crippen molar-refractivity contribution in [3.05, 3.63) is 76.1 Å². The first kappa shape index (κ1) is 24.3. The fourth-order valence-corrected chi connectivity index (χ4v) is 5.10. The number of benzene rings is 2. The zero-order chi connectivity index (χ0) is 23.4. The molecule has 176 valence electrons. The van der Waals surface area contributed by atoms with Gasteiger partial charge in [-0.25, -0.2) is 0 Å². The maximum Gasteiger partial charge on any atom is 0.191 e. The Bertz CT molecular complexity index is 1040. The highest BCUT2D eigenvalue weighted by molar-refractivity contribution is 7.98. The predicted octanol–water partition coefficient (Wildman–Crippen LogP) is 5.94. The van der Waals surface area contributed by atoms with Gasteiger partial charge in [0.05, 0.1) is 18.7 Å². The third-order valence-electron chi connectivity index (χ3n) is 6.04. The van der Waals surface area contributed by atoms with Crippen LogP contribution >= 0.6 is 23.4 Å². The lowest BCUT2D eigenvalue weighted by molar-refractivity contribution is 0.0938. The predicted molar refractivity (Wildman–Crippen MR) is 136 cm³/mol. The summed E-state index contributed by atoms with van der Waals surface area (Å²) < 4.78 is 8.09. The summed E-state index contributed by atoms with van der Waals surface area (Å²) in [4.78, 5) is 0. The molecule has 2 unspecified atom stereocenters. The molecule has 1 fully saturated rings. The molecule has 4 rings (SSSR count). The van der Waals surface area contributed by atoms with Crippen LogP contribution < -0.4 is 5.73 Å². The fraction of sp³-hybridized carbons (Fsp3) is 0.462. The molecule has 0 bridgehead atoms. The van der Waals surface area contributed by atoms with E-state index >= 15 is 0 Å². The molecule has 2 N–H and O–H groups in total. The van der Waals surface area contributed by atoms with Crippen molar-refractivity contribution in [2.24, 2.45) is 5.73 Å². The van der Waals surface area contributed by atoms with Crippen molar-refractivity contribution in [2.75, 3.05) is 6.61 Å². The van der Waals surface area contributed by atoms with Gasteiger partial charge in [0, 0.05) is 17.4 Å². The van der Waals surface area contributed by atoms with Crippen molar-refractivity contribution >= 4 is 23.4 Å². The fourth-order valence-electron chi connectivity index (χ4n) is 4.06. The second kappa shape index (κ2) is 10.6. The molecule has 7 heteroatoms. The molecule has 2 aromatic carbocycles. The smallest absolute Gasteiger partial charge is 0.191 e. The quantitative estimate of drug-likeness (QED) is 0.400. The number of ether oxygens (including phenoxy) is 1. The number of nitrogens with two attached hydrogens (primary N) is 1. The summed E-state index contributed by atoms with van der Waals surface area (Å²) in [5.41, 5.74) is 10.5. The second-order valence-electron chi connectivity index (χ2n) is 9.76. The minimum absolute atomic E-state index is 0.155. The lowest BCUT2D eigenvalue weighted by Gasteiger charge is -2.19. The van der Waals surface area contributed by atoms with Gasteiger partial charge in [0.1, 0.15) is 0 Å². The Hall–Kier alpha value is -1.86. The third-order valence-corrected chi connectivity index (χ3v) is 7.33. The summed E-state index contributed by atoms with van der Waals surface area (Å²) in [6, 6.07) is 16.4. The molecule has 0 amide bonds. The first-order valence-corrected chi connectivity index (χ1v) is 12.9. The van der Waals surface area contributed by atoms with E-state index in [-0.39, 0.29) is 17.6 Å². The zero-order valence-electron chi connectivity index (χ0n) is 19.6.